The van der Waals surface area contributed by atoms with Crippen LogP contribution in [0.15, 0.2) is 83.8 Å². The van der Waals surface area contributed by atoms with Gasteiger partial charge in [0.2, 0.25) is 0 Å². The fourth-order valence-electron chi connectivity index (χ4n) is 2.76. The van der Waals surface area contributed by atoms with E-state index in [4.69, 9.17) is 4.74 Å². The molecular weight excluding hydrogens is 346 g/mol. The van der Waals surface area contributed by atoms with Crippen molar-refractivity contribution in [1.29, 1.82) is 0 Å². The van der Waals surface area contributed by atoms with Gasteiger partial charge < -0.3 is 4.74 Å². The van der Waals surface area contributed by atoms with Crippen molar-refractivity contribution >= 4 is 15.7 Å². The molecule has 0 heterocycles. The normalized spacial score (nSPS) is 11.2. The number of benzene rings is 3. The molecule has 0 aromatic heterocycles. The van der Waals surface area contributed by atoms with E-state index in [-0.39, 0.29) is 11.4 Å². The first-order valence-electron chi connectivity index (χ1n) is 8.28. The number of anilines is 1. The molecule has 4 nitrogen and oxygen atoms in total. The third kappa shape index (κ3) is 3.89. The molecule has 3 rings (SSSR count). The number of rotatable bonds is 6. The summed E-state index contributed by atoms with van der Waals surface area (Å²) in [5, 5.41) is 0. The van der Waals surface area contributed by atoms with Gasteiger partial charge in [-0.1, -0.05) is 48.0 Å². The van der Waals surface area contributed by atoms with Gasteiger partial charge in [0.1, 0.15) is 5.75 Å². The van der Waals surface area contributed by atoms with Gasteiger partial charge >= 0.3 is 0 Å². The fourth-order valence-corrected chi connectivity index (χ4v) is 4.23. The van der Waals surface area contributed by atoms with E-state index in [2.05, 4.69) is 0 Å². The molecule has 0 N–H and O–H groups in total. The molecule has 0 saturated heterocycles. The van der Waals surface area contributed by atoms with Crippen LogP contribution in [-0.4, -0.2) is 15.5 Å². The van der Waals surface area contributed by atoms with Crippen molar-refractivity contribution in [2.24, 2.45) is 0 Å². The largest absolute Gasteiger partial charge is 0.497 e. The second-order valence-electron chi connectivity index (χ2n) is 6.01. The summed E-state index contributed by atoms with van der Waals surface area (Å²) in [5.41, 5.74) is 2.62. The number of sulfonamides is 1. The standard InChI is InChI=1S/C21H21NO3S/c1-17-7-6-8-18(15-17)16-22(19-11-13-20(25-2)14-12-19)26(23,24)21-9-4-3-5-10-21/h3-15H,16H2,1-2H3. The number of aryl methyl sites for hydroxylation is 1. The van der Waals surface area contributed by atoms with E-state index in [1.807, 2.05) is 31.2 Å². The SMILES string of the molecule is COc1ccc(N(Cc2cccc(C)c2)S(=O)(=O)c2ccccc2)cc1. The molecule has 0 aliphatic carbocycles. The van der Waals surface area contributed by atoms with Crippen molar-refractivity contribution in [2.45, 2.75) is 18.4 Å². The molecule has 0 saturated carbocycles. The van der Waals surface area contributed by atoms with Gasteiger partial charge in [-0.15, -0.1) is 0 Å². The van der Waals surface area contributed by atoms with E-state index < -0.39 is 10.0 Å². The maximum atomic E-state index is 13.3. The summed E-state index contributed by atoms with van der Waals surface area (Å²) >= 11 is 0. The number of ether oxygens (including phenoxy) is 1. The Morgan fingerprint density at radius 2 is 1.58 bits per heavy atom. The summed E-state index contributed by atoms with van der Waals surface area (Å²) in [5.74, 6) is 0.682. The number of nitrogens with zero attached hydrogens (tertiary/aromatic N) is 1. The molecule has 0 atom stereocenters. The second-order valence-corrected chi connectivity index (χ2v) is 7.87. The van der Waals surface area contributed by atoms with Crippen LogP contribution in [0.2, 0.25) is 0 Å². The van der Waals surface area contributed by atoms with Gasteiger partial charge in [0.15, 0.2) is 0 Å². The first-order chi connectivity index (χ1) is 12.5. The van der Waals surface area contributed by atoms with Crippen LogP contribution in [0.1, 0.15) is 11.1 Å². The summed E-state index contributed by atoms with van der Waals surface area (Å²) in [6.07, 6.45) is 0. The summed E-state index contributed by atoms with van der Waals surface area (Å²) in [6.45, 7) is 2.25. The summed E-state index contributed by atoms with van der Waals surface area (Å²) in [4.78, 5) is 0.267. The van der Waals surface area contributed by atoms with Gasteiger partial charge in [0, 0.05) is 0 Å². The minimum Gasteiger partial charge on any atom is -0.497 e. The van der Waals surface area contributed by atoms with Gasteiger partial charge in [0.05, 0.1) is 24.2 Å². The zero-order valence-corrected chi connectivity index (χ0v) is 15.6. The third-order valence-electron chi connectivity index (χ3n) is 4.10. The summed E-state index contributed by atoms with van der Waals surface area (Å²) in [7, 11) is -2.11. The number of hydrogen-bond acceptors (Lipinski definition) is 3. The smallest absolute Gasteiger partial charge is 0.264 e. The molecule has 0 amide bonds. The van der Waals surface area contributed by atoms with Crippen LogP contribution < -0.4 is 9.04 Å². The molecule has 26 heavy (non-hydrogen) atoms. The van der Waals surface area contributed by atoms with Gasteiger partial charge in [-0.2, -0.15) is 0 Å². The lowest BCUT2D eigenvalue weighted by molar-refractivity contribution is 0.415. The van der Waals surface area contributed by atoms with Crippen LogP contribution in [0.25, 0.3) is 0 Å². The quantitative estimate of drug-likeness (QED) is 0.649. The molecule has 0 fully saturated rings. The Kier molecular flexibility index (Phi) is 5.28. The van der Waals surface area contributed by atoms with Crippen molar-refractivity contribution in [3.8, 4) is 5.75 Å². The molecule has 5 heteroatoms. The average molecular weight is 367 g/mol. The lowest BCUT2D eigenvalue weighted by Crippen LogP contribution is -2.30. The van der Waals surface area contributed by atoms with Crippen LogP contribution in [0.5, 0.6) is 5.75 Å². The molecule has 0 spiro atoms. The van der Waals surface area contributed by atoms with Crippen molar-refractivity contribution in [3.63, 3.8) is 0 Å². The molecule has 0 aliphatic heterocycles. The van der Waals surface area contributed by atoms with Gasteiger partial charge in [-0.3, -0.25) is 4.31 Å². The van der Waals surface area contributed by atoms with Crippen molar-refractivity contribution < 1.29 is 13.2 Å². The average Bonchev–Trinajstić information content (AvgIpc) is 2.67. The van der Waals surface area contributed by atoms with Crippen molar-refractivity contribution in [2.75, 3.05) is 11.4 Å². The summed E-state index contributed by atoms with van der Waals surface area (Å²) < 4.78 is 33.2. The highest BCUT2D eigenvalue weighted by molar-refractivity contribution is 7.92. The maximum absolute atomic E-state index is 13.3. The van der Waals surface area contributed by atoms with Crippen LogP contribution in [0, 0.1) is 6.92 Å². The van der Waals surface area contributed by atoms with Crippen LogP contribution >= 0.6 is 0 Å². The minimum atomic E-state index is -3.69. The Morgan fingerprint density at radius 3 is 2.19 bits per heavy atom. The van der Waals surface area contributed by atoms with E-state index >= 15 is 0 Å². The first kappa shape index (κ1) is 18.0. The van der Waals surface area contributed by atoms with Gasteiger partial charge in [0.25, 0.3) is 10.0 Å². The Balaban J connectivity index is 2.06. The zero-order chi connectivity index (χ0) is 18.6. The summed E-state index contributed by atoms with van der Waals surface area (Å²) in [6, 6.07) is 23.4. The Labute approximate surface area is 154 Å². The highest BCUT2D eigenvalue weighted by atomic mass is 32.2. The molecule has 0 unspecified atom stereocenters. The maximum Gasteiger partial charge on any atom is 0.264 e. The Bertz CT molecular complexity index is 968. The van der Waals surface area contributed by atoms with Crippen LogP contribution in [0.4, 0.5) is 5.69 Å². The first-order valence-corrected chi connectivity index (χ1v) is 9.72. The predicted octanol–water partition coefficient (Wildman–Crippen LogP) is 4.40. The highest BCUT2D eigenvalue weighted by Crippen LogP contribution is 2.27. The van der Waals surface area contributed by atoms with Gasteiger partial charge in [-0.25, -0.2) is 8.42 Å². The van der Waals surface area contributed by atoms with E-state index in [1.54, 1.807) is 61.7 Å². The van der Waals surface area contributed by atoms with E-state index in [1.165, 1.54) is 4.31 Å². The van der Waals surface area contributed by atoms with Crippen molar-refractivity contribution in [1.82, 2.24) is 0 Å². The lowest BCUT2D eigenvalue weighted by Gasteiger charge is -2.25. The van der Waals surface area contributed by atoms with Gasteiger partial charge in [-0.05, 0) is 48.9 Å². The van der Waals surface area contributed by atoms with Crippen LogP contribution in [-0.2, 0) is 16.6 Å². The third-order valence-corrected chi connectivity index (χ3v) is 5.89. The number of hydrogen-bond donors (Lipinski definition) is 0. The highest BCUT2D eigenvalue weighted by Gasteiger charge is 2.25. The topological polar surface area (TPSA) is 46.6 Å². The van der Waals surface area contributed by atoms with Crippen molar-refractivity contribution in [3.05, 3.63) is 90.0 Å². The molecule has 0 radical (unpaired) electrons. The molecular formula is C21H21NO3S. The monoisotopic (exact) mass is 367 g/mol. The fraction of sp³-hybridized carbons (Fsp3) is 0.143. The molecule has 0 aliphatic rings. The molecule has 3 aromatic carbocycles. The lowest BCUT2D eigenvalue weighted by atomic mass is 10.1. The minimum absolute atomic E-state index is 0.255. The van der Waals surface area contributed by atoms with Crippen LogP contribution in [0.3, 0.4) is 0 Å². The second kappa shape index (κ2) is 7.62. The molecule has 3 aromatic rings. The Hall–Kier alpha value is -2.79. The zero-order valence-electron chi connectivity index (χ0n) is 14.8. The molecule has 134 valence electrons. The van der Waals surface area contributed by atoms with E-state index in [0.717, 1.165) is 11.1 Å². The van der Waals surface area contributed by atoms with E-state index in [0.29, 0.717) is 11.4 Å². The predicted molar refractivity (Wildman–Crippen MR) is 104 cm³/mol. The number of methoxy groups -OCH3 is 1. The Morgan fingerprint density at radius 1 is 0.885 bits per heavy atom. The van der Waals surface area contributed by atoms with E-state index in [9.17, 15) is 8.42 Å². The molecule has 0 bridgehead atoms.